The van der Waals surface area contributed by atoms with Crippen molar-refractivity contribution >= 4 is 29.3 Å². The van der Waals surface area contributed by atoms with Gasteiger partial charge < -0.3 is 15.4 Å². The molecule has 0 radical (unpaired) electrons. The van der Waals surface area contributed by atoms with E-state index in [4.69, 9.17) is 4.74 Å². The molecule has 26 heavy (non-hydrogen) atoms. The lowest BCUT2D eigenvalue weighted by molar-refractivity contribution is -0.117. The Kier molecular flexibility index (Phi) is 5.37. The lowest BCUT2D eigenvalue weighted by atomic mass is 10.1. The van der Waals surface area contributed by atoms with Crippen LogP contribution in [0, 0.1) is 5.92 Å². The number of nitrogens with one attached hydrogen (secondary N) is 2. The highest BCUT2D eigenvalue weighted by Gasteiger charge is 2.17. The predicted molar refractivity (Wildman–Crippen MR) is 103 cm³/mol. The van der Waals surface area contributed by atoms with Crippen molar-refractivity contribution in [3.05, 3.63) is 59.7 Å². The summed E-state index contributed by atoms with van der Waals surface area (Å²) in [5.74, 6) is 0.881. The molecular weight excluding hydrogens is 328 g/mol. The summed E-state index contributed by atoms with van der Waals surface area (Å²) in [4.78, 5) is 24.2. The van der Waals surface area contributed by atoms with Crippen LogP contribution in [0.25, 0.3) is 6.08 Å². The van der Waals surface area contributed by atoms with Crippen molar-refractivity contribution in [1.29, 1.82) is 0 Å². The largest absolute Gasteiger partial charge is 0.488 e. The minimum Gasteiger partial charge on any atom is -0.488 e. The van der Waals surface area contributed by atoms with Crippen LogP contribution in [-0.4, -0.2) is 18.4 Å². The maximum atomic E-state index is 12.4. The minimum atomic E-state index is -0.198. The standard InChI is InChI=1S/C21H22N2O3/c1-14(2)11-20(24)22-17-7-9-18(10-8-17)23-21(25)16-12-15-5-3-4-6-19(15)26-13-16/h3-10,12,14H,11,13H2,1-2H3,(H,22,24)(H,23,25). The summed E-state index contributed by atoms with van der Waals surface area (Å²) >= 11 is 0. The van der Waals surface area contributed by atoms with Gasteiger partial charge in [-0.25, -0.2) is 0 Å². The smallest absolute Gasteiger partial charge is 0.255 e. The monoisotopic (exact) mass is 350 g/mol. The van der Waals surface area contributed by atoms with Crippen LogP contribution in [0.3, 0.4) is 0 Å². The van der Waals surface area contributed by atoms with Gasteiger partial charge in [0.15, 0.2) is 0 Å². The van der Waals surface area contributed by atoms with Gasteiger partial charge in [-0.15, -0.1) is 0 Å². The van der Waals surface area contributed by atoms with Crippen molar-refractivity contribution in [2.75, 3.05) is 17.2 Å². The quantitative estimate of drug-likeness (QED) is 0.853. The molecule has 134 valence electrons. The van der Waals surface area contributed by atoms with Crippen molar-refractivity contribution in [2.45, 2.75) is 20.3 Å². The highest BCUT2D eigenvalue weighted by molar-refractivity contribution is 6.07. The number of benzene rings is 2. The molecule has 2 N–H and O–H groups in total. The van der Waals surface area contributed by atoms with Crippen LogP contribution >= 0.6 is 0 Å². The van der Waals surface area contributed by atoms with E-state index in [1.54, 1.807) is 24.3 Å². The molecule has 1 heterocycles. The molecular formula is C21H22N2O3. The van der Waals surface area contributed by atoms with E-state index in [1.165, 1.54) is 0 Å². The summed E-state index contributed by atoms with van der Waals surface area (Å²) in [7, 11) is 0. The number of anilines is 2. The number of amides is 2. The van der Waals surface area contributed by atoms with Crippen LogP contribution in [0.2, 0.25) is 0 Å². The van der Waals surface area contributed by atoms with Gasteiger partial charge >= 0.3 is 0 Å². The average molecular weight is 350 g/mol. The van der Waals surface area contributed by atoms with E-state index in [9.17, 15) is 9.59 Å². The van der Waals surface area contributed by atoms with Crippen molar-refractivity contribution in [3.63, 3.8) is 0 Å². The molecule has 2 amide bonds. The molecule has 0 bridgehead atoms. The van der Waals surface area contributed by atoms with Gasteiger partial charge in [0, 0.05) is 23.4 Å². The number of hydrogen-bond acceptors (Lipinski definition) is 3. The number of hydrogen-bond donors (Lipinski definition) is 2. The van der Waals surface area contributed by atoms with Crippen molar-refractivity contribution < 1.29 is 14.3 Å². The van der Waals surface area contributed by atoms with Crippen LogP contribution in [0.4, 0.5) is 11.4 Å². The highest BCUT2D eigenvalue weighted by atomic mass is 16.5. The SMILES string of the molecule is CC(C)CC(=O)Nc1ccc(NC(=O)C2=Cc3ccccc3OC2)cc1. The maximum Gasteiger partial charge on any atom is 0.255 e. The van der Waals surface area contributed by atoms with Crippen molar-refractivity contribution in [3.8, 4) is 5.75 Å². The molecule has 0 saturated carbocycles. The Morgan fingerprint density at radius 1 is 1.00 bits per heavy atom. The third kappa shape index (κ3) is 4.51. The average Bonchev–Trinajstić information content (AvgIpc) is 2.62. The zero-order valence-corrected chi connectivity index (χ0v) is 14.9. The summed E-state index contributed by atoms with van der Waals surface area (Å²) in [6, 6.07) is 14.7. The maximum absolute atomic E-state index is 12.4. The molecule has 1 aliphatic heterocycles. The Hall–Kier alpha value is -3.08. The first-order valence-corrected chi connectivity index (χ1v) is 8.65. The fourth-order valence-corrected chi connectivity index (χ4v) is 2.68. The summed E-state index contributed by atoms with van der Waals surface area (Å²) in [5, 5.41) is 5.70. The van der Waals surface area contributed by atoms with E-state index in [0.717, 1.165) is 11.3 Å². The fourth-order valence-electron chi connectivity index (χ4n) is 2.68. The summed E-state index contributed by atoms with van der Waals surface area (Å²) < 4.78 is 5.61. The molecule has 3 rings (SSSR count). The van der Waals surface area contributed by atoms with Gasteiger partial charge in [-0.3, -0.25) is 9.59 Å². The third-order valence-corrected chi connectivity index (χ3v) is 3.94. The molecule has 0 aliphatic carbocycles. The molecule has 0 spiro atoms. The van der Waals surface area contributed by atoms with Gasteiger partial charge in [0.2, 0.25) is 5.91 Å². The van der Waals surface area contributed by atoms with Crippen LogP contribution in [0.5, 0.6) is 5.75 Å². The van der Waals surface area contributed by atoms with Gasteiger partial charge in [0.1, 0.15) is 12.4 Å². The molecule has 1 aliphatic rings. The molecule has 0 aromatic heterocycles. The summed E-state index contributed by atoms with van der Waals surface area (Å²) in [6.07, 6.45) is 2.32. The topological polar surface area (TPSA) is 67.4 Å². The number of carbonyl (C=O) groups is 2. The molecule has 0 unspecified atom stereocenters. The number of para-hydroxylation sites is 1. The van der Waals surface area contributed by atoms with Gasteiger partial charge in [0.25, 0.3) is 5.91 Å². The first-order chi connectivity index (χ1) is 12.5. The first-order valence-electron chi connectivity index (χ1n) is 8.65. The van der Waals surface area contributed by atoms with Gasteiger partial charge in [-0.2, -0.15) is 0 Å². The predicted octanol–water partition coefficient (Wildman–Crippen LogP) is 4.09. The van der Waals surface area contributed by atoms with Gasteiger partial charge in [-0.05, 0) is 42.3 Å². The Morgan fingerprint density at radius 2 is 1.65 bits per heavy atom. The van der Waals surface area contributed by atoms with Crippen LogP contribution in [0.1, 0.15) is 25.8 Å². The van der Waals surface area contributed by atoms with Crippen molar-refractivity contribution in [2.24, 2.45) is 5.92 Å². The molecule has 2 aromatic carbocycles. The van der Waals surface area contributed by atoms with Crippen LogP contribution in [-0.2, 0) is 9.59 Å². The second-order valence-electron chi connectivity index (χ2n) is 6.67. The van der Waals surface area contributed by atoms with E-state index >= 15 is 0 Å². The normalized spacial score (nSPS) is 12.7. The molecule has 2 aromatic rings. The third-order valence-electron chi connectivity index (χ3n) is 3.94. The Balaban J connectivity index is 1.62. The Bertz CT molecular complexity index is 839. The zero-order valence-electron chi connectivity index (χ0n) is 14.9. The van der Waals surface area contributed by atoms with Crippen molar-refractivity contribution in [1.82, 2.24) is 0 Å². The minimum absolute atomic E-state index is 0.0139. The van der Waals surface area contributed by atoms with E-state index in [1.807, 2.05) is 44.2 Å². The first kappa shape index (κ1) is 17.7. The van der Waals surface area contributed by atoms with Gasteiger partial charge in [-0.1, -0.05) is 32.0 Å². The van der Waals surface area contributed by atoms with Crippen LogP contribution in [0.15, 0.2) is 54.1 Å². The molecule has 0 fully saturated rings. The fraction of sp³-hybridized carbons (Fsp3) is 0.238. The van der Waals surface area contributed by atoms with Crippen LogP contribution < -0.4 is 15.4 Å². The lowest BCUT2D eigenvalue weighted by Gasteiger charge is -2.17. The highest BCUT2D eigenvalue weighted by Crippen LogP contribution is 2.26. The van der Waals surface area contributed by atoms with Gasteiger partial charge in [0.05, 0.1) is 5.57 Å². The number of ether oxygens (including phenoxy) is 1. The zero-order chi connectivity index (χ0) is 18.5. The number of rotatable bonds is 5. The molecule has 0 saturated heterocycles. The van der Waals surface area contributed by atoms with E-state index in [0.29, 0.717) is 29.3 Å². The molecule has 5 nitrogen and oxygen atoms in total. The number of carbonyl (C=O) groups excluding carboxylic acids is 2. The number of fused-ring (bicyclic) bond motifs is 1. The molecule has 0 atom stereocenters. The van der Waals surface area contributed by atoms with E-state index in [2.05, 4.69) is 10.6 Å². The summed E-state index contributed by atoms with van der Waals surface area (Å²) in [5.41, 5.74) is 2.84. The lowest BCUT2D eigenvalue weighted by Crippen LogP contribution is -2.21. The second-order valence-corrected chi connectivity index (χ2v) is 6.67. The van der Waals surface area contributed by atoms with E-state index in [-0.39, 0.29) is 18.4 Å². The Labute approximate surface area is 153 Å². The molecule has 5 heteroatoms. The second kappa shape index (κ2) is 7.87. The summed E-state index contributed by atoms with van der Waals surface area (Å²) in [6.45, 7) is 4.24. The Morgan fingerprint density at radius 3 is 2.35 bits per heavy atom. The van der Waals surface area contributed by atoms with E-state index < -0.39 is 0 Å².